The predicted octanol–water partition coefficient (Wildman–Crippen LogP) is 4.07. The fraction of sp³-hybridized carbons (Fsp3) is 0.290. The SMILES string of the molecule is COc1ccc(C(O[C@H]2[C@H](F)[C@H](n3cc(C)c(=O)[nH]c3=O)O[C@@]2(CO)CCl)(c2ccccc2)c2ccccc2)cc1. The van der Waals surface area contributed by atoms with Crippen LogP contribution in [0.15, 0.2) is 101 Å². The van der Waals surface area contributed by atoms with Crippen LogP contribution in [0, 0.1) is 6.92 Å². The van der Waals surface area contributed by atoms with Crippen molar-refractivity contribution in [3.8, 4) is 5.75 Å². The first-order chi connectivity index (χ1) is 19.8. The number of hydrogen-bond acceptors (Lipinski definition) is 6. The molecule has 1 aromatic heterocycles. The maximum Gasteiger partial charge on any atom is 0.330 e. The number of rotatable bonds is 9. The van der Waals surface area contributed by atoms with Crippen molar-refractivity contribution in [3.63, 3.8) is 0 Å². The lowest BCUT2D eigenvalue weighted by Gasteiger charge is -2.42. The molecule has 2 N–H and O–H groups in total. The summed E-state index contributed by atoms with van der Waals surface area (Å²) < 4.78 is 36.0. The molecule has 3 aromatic carbocycles. The summed E-state index contributed by atoms with van der Waals surface area (Å²) in [7, 11) is 1.56. The van der Waals surface area contributed by atoms with Gasteiger partial charge in [0.2, 0.25) is 0 Å². The molecule has 214 valence electrons. The summed E-state index contributed by atoms with van der Waals surface area (Å²) in [6.45, 7) is 0.794. The largest absolute Gasteiger partial charge is 0.497 e. The number of H-pyrrole nitrogens is 1. The molecule has 1 aliphatic heterocycles. The molecule has 5 rings (SSSR count). The van der Waals surface area contributed by atoms with Crippen LogP contribution in [0.1, 0.15) is 28.5 Å². The highest BCUT2D eigenvalue weighted by Crippen LogP contribution is 2.49. The first-order valence-corrected chi connectivity index (χ1v) is 13.6. The van der Waals surface area contributed by atoms with Gasteiger partial charge >= 0.3 is 5.69 Å². The van der Waals surface area contributed by atoms with Crippen molar-refractivity contribution in [3.05, 3.63) is 134 Å². The number of aliphatic hydroxyl groups is 1. The van der Waals surface area contributed by atoms with Gasteiger partial charge in [0.25, 0.3) is 5.56 Å². The van der Waals surface area contributed by atoms with Crippen LogP contribution in [-0.4, -0.2) is 52.1 Å². The van der Waals surface area contributed by atoms with E-state index in [2.05, 4.69) is 4.98 Å². The quantitative estimate of drug-likeness (QED) is 0.229. The maximum atomic E-state index is 16.7. The summed E-state index contributed by atoms with van der Waals surface area (Å²) in [5.74, 6) is 0.277. The van der Waals surface area contributed by atoms with E-state index in [-0.39, 0.29) is 11.4 Å². The van der Waals surface area contributed by atoms with Crippen molar-refractivity contribution in [2.45, 2.75) is 36.6 Å². The minimum Gasteiger partial charge on any atom is -0.497 e. The predicted molar refractivity (Wildman–Crippen MR) is 152 cm³/mol. The van der Waals surface area contributed by atoms with Gasteiger partial charge in [-0.25, -0.2) is 9.18 Å². The number of aromatic amines is 1. The zero-order chi connectivity index (χ0) is 29.2. The van der Waals surface area contributed by atoms with Crippen LogP contribution in [0.3, 0.4) is 0 Å². The minimum absolute atomic E-state index is 0.186. The molecule has 41 heavy (non-hydrogen) atoms. The summed E-state index contributed by atoms with van der Waals surface area (Å²) in [6.07, 6.45) is -3.75. The van der Waals surface area contributed by atoms with Crippen LogP contribution >= 0.6 is 11.6 Å². The van der Waals surface area contributed by atoms with Gasteiger partial charge in [-0.05, 0) is 35.7 Å². The van der Waals surface area contributed by atoms with Gasteiger partial charge in [-0.15, -0.1) is 11.6 Å². The highest BCUT2D eigenvalue weighted by atomic mass is 35.5. The van der Waals surface area contributed by atoms with E-state index in [1.165, 1.54) is 13.1 Å². The number of benzene rings is 3. The number of ether oxygens (including phenoxy) is 3. The second kappa shape index (κ2) is 11.6. The monoisotopic (exact) mass is 580 g/mol. The Morgan fingerprint density at radius 3 is 2.07 bits per heavy atom. The molecule has 1 saturated heterocycles. The lowest BCUT2D eigenvalue weighted by Crippen LogP contribution is -2.53. The minimum atomic E-state index is -1.98. The van der Waals surface area contributed by atoms with Gasteiger partial charge in [0.05, 0.1) is 19.6 Å². The lowest BCUT2D eigenvalue weighted by atomic mass is 9.79. The second-order valence-electron chi connectivity index (χ2n) is 9.97. The smallest absolute Gasteiger partial charge is 0.330 e. The molecular weight excluding hydrogens is 551 g/mol. The first-order valence-electron chi connectivity index (χ1n) is 13.0. The van der Waals surface area contributed by atoms with Gasteiger partial charge in [0, 0.05) is 11.8 Å². The molecule has 4 atom stereocenters. The van der Waals surface area contributed by atoms with Crippen molar-refractivity contribution in [2.75, 3.05) is 19.6 Å². The molecule has 0 saturated carbocycles. The Kier molecular flexibility index (Phi) is 8.15. The van der Waals surface area contributed by atoms with Crippen LogP contribution in [0.25, 0.3) is 0 Å². The normalized spacial score (nSPS) is 22.5. The molecule has 2 heterocycles. The van der Waals surface area contributed by atoms with E-state index in [1.807, 2.05) is 72.8 Å². The highest BCUT2D eigenvalue weighted by Gasteiger charge is 2.60. The Bertz CT molecular complexity index is 1550. The number of methoxy groups -OCH3 is 1. The molecule has 1 fully saturated rings. The van der Waals surface area contributed by atoms with Crippen molar-refractivity contribution in [2.24, 2.45) is 0 Å². The lowest BCUT2D eigenvalue weighted by molar-refractivity contribution is -0.154. The number of aryl methyl sites for hydroxylation is 1. The fourth-order valence-corrected chi connectivity index (χ4v) is 5.61. The van der Waals surface area contributed by atoms with E-state index >= 15 is 4.39 Å². The van der Waals surface area contributed by atoms with Gasteiger partial charge in [-0.1, -0.05) is 72.8 Å². The van der Waals surface area contributed by atoms with Crippen molar-refractivity contribution < 1.29 is 23.7 Å². The molecular formula is C31H30ClFN2O6. The Labute approximate surface area is 240 Å². The van der Waals surface area contributed by atoms with Crippen molar-refractivity contribution >= 4 is 11.6 Å². The molecule has 1 aliphatic rings. The number of halogens is 2. The second-order valence-corrected chi connectivity index (χ2v) is 10.2. The number of hydrogen-bond donors (Lipinski definition) is 2. The topological polar surface area (TPSA) is 103 Å². The van der Waals surface area contributed by atoms with E-state index in [9.17, 15) is 14.7 Å². The van der Waals surface area contributed by atoms with Gasteiger partial charge in [-0.3, -0.25) is 14.3 Å². The number of nitrogens with one attached hydrogen (secondary N) is 1. The maximum absolute atomic E-state index is 16.7. The van der Waals surface area contributed by atoms with E-state index in [4.69, 9.17) is 25.8 Å². The summed E-state index contributed by atoms with van der Waals surface area (Å²) in [5.41, 5.74) is -2.38. The van der Waals surface area contributed by atoms with Gasteiger partial charge in [0.15, 0.2) is 12.4 Å². The molecule has 10 heteroatoms. The third-order valence-corrected chi connectivity index (χ3v) is 7.96. The average Bonchev–Trinajstić information content (AvgIpc) is 3.29. The number of alkyl halides is 2. The summed E-state index contributed by atoms with van der Waals surface area (Å²) >= 11 is 6.39. The van der Waals surface area contributed by atoms with Crippen LogP contribution < -0.4 is 16.0 Å². The Hall–Kier alpha value is -3.76. The highest BCUT2D eigenvalue weighted by molar-refractivity contribution is 6.18. The Morgan fingerprint density at radius 2 is 1.56 bits per heavy atom. The molecule has 0 spiro atoms. The molecule has 0 amide bonds. The van der Waals surface area contributed by atoms with Crippen LogP contribution in [0.5, 0.6) is 5.75 Å². The number of aliphatic hydroxyl groups excluding tert-OH is 1. The van der Waals surface area contributed by atoms with Crippen molar-refractivity contribution in [1.29, 1.82) is 0 Å². The first kappa shape index (κ1) is 28.8. The van der Waals surface area contributed by atoms with Crippen molar-refractivity contribution in [1.82, 2.24) is 9.55 Å². The average molecular weight is 581 g/mol. The Balaban J connectivity index is 1.73. The van der Waals surface area contributed by atoms with E-state index in [1.54, 1.807) is 19.2 Å². The molecule has 0 radical (unpaired) electrons. The van der Waals surface area contributed by atoms with Crippen LogP contribution in [0.2, 0.25) is 0 Å². The van der Waals surface area contributed by atoms with Gasteiger partial charge < -0.3 is 19.3 Å². The van der Waals surface area contributed by atoms with E-state index in [0.717, 1.165) is 4.57 Å². The van der Waals surface area contributed by atoms with Crippen LogP contribution in [0.4, 0.5) is 4.39 Å². The van der Waals surface area contributed by atoms with Gasteiger partial charge in [0.1, 0.15) is 23.1 Å². The summed E-state index contributed by atoms with van der Waals surface area (Å²) in [6, 6.07) is 25.8. The van der Waals surface area contributed by atoms with Gasteiger partial charge in [-0.2, -0.15) is 0 Å². The standard InChI is InChI=1S/C31H30ClFN2O6/c1-20-17-35(29(38)34-27(20)37)28-25(33)26(30(18-32,19-36)41-28)40-31(21-9-5-3-6-10-21,22-11-7-4-8-12-22)23-13-15-24(39-2)16-14-23/h3-17,25-26,28,36H,18-19H2,1-2H3,(H,34,37,38)/t25-,26-,28+,30+/m0/s1. The summed E-state index contributed by atoms with van der Waals surface area (Å²) in [5, 5.41) is 10.6. The van der Waals surface area contributed by atoms with E-state index < -0.39 is 47.6 Å². The third-order valence-electron chi connectivity index (χ3n) is 7.51. The third kappa shape index (κ3) is 4.99. The fourth-order valence-electron chi connectivity index (χ4n) is 5.31. The van der Waals surface area contributed by atoms with E-state index in [0.29, 0.717) is 22.4 Å². The Morgan fingerprint density at radius 1 is 1.00 bits per heavy atom. The number of nitrogens with zero attached hydrogens (tertiary/aromatic N) is 1. The van der Waals surface area contributed by atoms with Crippen LogP contribution in [-0.2, 0) is 15.1 Å². The number of aromatic nitrogens is 2. The molecule has 4 aromatic rings. The molecule has 8 nitrogen and oxygen atoms in total. The summed E-state index contributed by atoms with van der Waals surface area (Å²) in [4.78, 5) is 26.9. The zero-order valence-corrected chi connectivity index (χ0v) is 23.3. The zero-order valence-electron chi connectivity index (χ0n) is 22.5. The molecule has 0 unspecified atom stereocenters. The molecule has 0 bridgehead atoms. The molecule has 0 aliphatic carbocycles.